The molecule has 0 radical (unpaired) electrons. The number of rotatable bonds is 5. The lowest BCUT2D eigenvalue weighted by Crippen LogP contribution is -2.38. The minimum atomic E-state index is -0.544. The van der Waals surface area contributed by atoms with E-state index in [9.17, 15) is 14.4 Å². The molecular weight excluding hydrogens is 272 g/mol. The molecule has 1 atom stereocenters. The minimum absolute atomic E-state index is 0.135. The Morgan fingerprint density at radius 1 is 1.33 bits per heavy atom. The highest BCUT2D eigenvalue weighted by atomic mass is 16.2. The first-order valence-electron chi connectivity index (χ1n) is 6.79. The Balaban J connectivity index is 2.07. The molecule has 1 fully saturated rings. The van der Waals surface area contributed by atoms with Crippen molar-refractivity contribution in [1.29, 1.82) is 0 Å². The fourth-order valence-electron chi connectivity index (χ4n) is 2.10. The van der Waals surface area contributed by atoms with Crippen LogP contribution in [0.4, 0.5) is 5.69 Å². The zero-order valence-corrected chi connectivity index (χ0v) is 11.5. The van der Waals surface area contributed by atoms with Gasteiger partial charge in [0, 0.05) is 19.5 Å². The SMILES string of the molecule is NCCNC(=O)c1ccccc1NC(=O)[C@H]1CCC(=O)N1. The second kappa shape index (κ2) is 6.85. The van der Waals surface area contributed by atoms with E-state index in [0.717, 1.165) is 0 Å². The molecule has 1 aliphatic heterocycles. The van der Waals surface area contributed by atoms with Crippen molar-refractivity contribution in [1.82, 2.24) is 10.6 Å². The normalized spacial score (nSPS) is 17.2. The van der Waals surface area contributed by atoms with Gasteiger partial charge in [-0.3, -0.25) is 14.4 Å². The summed E-state index contributed by atoms with van der Waals surface area (Å²) >= 11 is 0. The molecule has 1 aromatic carbocycles. The van der Waals surface area contributed by atoms with Crippen LogP contribution in [0.5, 0.6) is 0 Å². The van der Waals surface area contributed by atoms with E-state index in [2.05, 4.69) is 16.0 Å². The molecule has 1 aliphatic rings. The van der Waals surface area contributed by atoms with Gasteiger partial charge in [-0.2, -0.15) is 0 Å². The minimum Gasteiger partial charge on any atom is -0.351 e. The van der Waals surface area contributed by atoms with E-state index in [1.807, 2.05) is 0 Å². The lowest BCUT2D eigenvalue weighted by molar-refractivity contribution is -0.122. The number of hydrogen-bond acceptors (Lipinski definition) is 4. The van der Waals surface area contributed by atoms with Crippen LogP contribution in [0.3, 0.4) is 0 Å². The maximum Gasteiger partial charge on any atom is 0.253 e. The van der Waals surface area contributed by atoms with Gasteiger partial charge in [-0.25, -0.2) is 0 Å². The number of anilines is 1. The standard InChI is InChI=1S/C14H18N4O3/c15-7-8-16-13(20)9-3-1-2-4-10(9)18-14(21)11-5-6-12(19)17-11/h1-4,11H,5-8,15H2,(H,16,20)(H,17,19)(H,18,21)/t11-/m1/s1. The first-order chi connectivity index (χ1) is 10.1. The third-order valence-electron chi connectivity index (χ3n) is 3.17. The van der Waals surface area contributed by atoms with Crippen molar-refractivity contribution >= 4 is 23.4 Å². The number of nitrogens with one attached hydrogen (secondary N) is 3. The molecule has 0 bridgehead atoms. The van der Waals surface area contributed by atoms with Crippen LogP contribution in [0.2, 0.25) is 0 Å². The van der Waals surface area contributed by atoms with Crippen LogP contribution < -0.4 is 21.7 Å². The molecule has 7 nitrogen and oxygen atoms in total. The van der Waals surface area contributed by atoms with Gasteiger partial charge in [0.15, 0.2) is 0 Å². The van der Waals surface area contributed by atoms with E-state index in [4.69, 9.17) is 5.73 Å². The highest BCUT2D eigenvalue weighted by Crippen LogP contribution is 2.16. The van der Waals surface area contributed by atoms with Crippen LogP contribution in [0.25, 0.3) is 0 Å². The van der Waals surface area contributed by atoms with Gasteiger partial charge in [0.1, 0.15) is 6.04 Å². The molecule has 1 heterocycles. The fourth-order valence-corrected chi connectivity index (χ4v) is 2.10. The maximum absolute atomic E-state index is 12.1. The average molecular weight is 290 g/mol. The Labute approximate surface area is 122 Å². The Morgan fingerprint density at radius 3 is 2.76 bits per heavy atom. The monoisotopic (exact) mass is 290 g/mol. The summed E-state index contributed by atoms with van der Waals surface area (Å²) in [6.45, 7) is 0.703. The number of carbonyl (C=O) groups is 3. The van der Waals surface area contributed by atoms with Crippen LogP contribution in [-0.4, -0.2) is 36.9 Å². The van der Waals surface area contributed by atoms with Gasteiger partial charge >= 0.3 is 0 Å². The first-order valence-corrected chi connectivity index (χ1v) is 6.79. The third-order valence-corrected chi connectivity index (χ3v) is 3.17. The van der Waals surface area contributed by atoms with Crippen molar-refractivity contribution in [2.24, 2.45) is 5.73 Å². The van der Waals surface area contributed by atoms with Crippen molar-refractivity contribution in [3.63, 3.8) is 0 Å². The summed E-state index contributed by atoms with van der Waals surface area (Å²) in [5.41, 5.74) is 6.12. The topological polar surface area (TPSA) is 113 Å². The summed E-state index contributed by atoms with van der Waals surface area (Å²) in [6, 6.07) is 6.16. The summed E-state index contributed by atoms with van der Waals surface area (Å²) in [5, 5.41) is 7.93. The van der Waals surface area contributed by atoms with Gasteiger partial charge in [-0.1, -0.05) is 12.1 Å². The zero-order chi connectivity index (χ0) is 15.2. The average Bonchev–Trinajstić information content (AvgIpc) is 2.92. The molecule has 112 valence electrons. The second-order valence-corrected chi connectivity index (χ2v) is 4.74. The van der Waals surface area contributed by atoms with Crippen molar-refractivity contribution in [3.8, 4) is 0 Å². The number of carbonyl (C=O) groups excluding carboxylic acids is 3. The van der Waals surface area contributed by atoms with Gasteiger partial charge in [-0.05, 0) is 18.6 Å². The molecule has 0 aliphatic carbocycles. The molecule has 3 amide bonds. The van der Waals surface area contributed by atoms with Crippen molar-refractivity contribution in [2.45, 2.75) is 18.9 Å². The molecule has 0 unspecified atom stereocenters. The predicted molar refractivity (Wildman–Crippen MR) is 77.6 cm³/mol. The van der Waals surface area contributed by atoms with Crippen molar-refractivity contribution in [3.05, 3.63) is 29.8 Å². The molecule has 0 saturated carbocycles. The van der Waals surface area contributed by atoms with E-state index in [1.54, 1.807) is 24.3 Å². The molecule has 0 spiro atoms. The van der Waals surface area contributed by atoms with Crippen LogP contribution in [-0.2, 0) is 9.59 Å². The van der Waals surface area contributed by atoms with E-state index < -0.39 is 6.04 Å². The lowest BCUT2D eigenvalue weighted by atomic mass is 10.1. The van der Waals surface area contributed by atoms with Crippen LogP contribution in [0, 0.1) is 0 Å². The number of para-hydroxylation sites is 1. The summed E-state index contributed by atoms with van der Waals surface area (Å²) < 4.78 is 0. The van der Waals surface area contributed by atoms with E-state index >= 15 is 0 Å². The fraction of sp³-hybridized carbons (Fsp3) is 0.357. The van der Waals surface area contributed by atoms with E-state index in [1.165, 1.54) is 0 Å². The molecule has 0 aromatic heterocycles. The molecule has 7 heteroatoms. The maximum atomic E-state index is 12.1. The van der Waals surface area contributed by atoms with Gasteiger partial charge in [0.2, 0.25) is 11.8 Å². The lowest BCUT2D eigenvalue weighted by Gasteiger charge is -2.14. The van der Waals surface area contributed by atoms with Gasteiger partial charge in [-0.15, -0.1) is 0 Å². The van der Waals surface area contributed by atoms with Gasteiger partial charge < -0.3 is 21.7 Å². The Kier molecular flexibility index (Phi) is 4.89. The largest absolute Gasteiger partial charge is 0.351 e. The van der Waals surface area contributed by atoms with Gasteiger partial charge in [0.05, 0.1) is 11.3 Å². The Hall–Kier alpha value is -2.41. The van der Waals surface area contributed by atoms with E-state index in [-0.39, 0.29) is 17.7 Å². The number of amides is 3. The first kappa shape index (κ1) is 15.0. The Bertz CT molecular complexity index is 559. The van der Waals surface area contributed by atoms with Gasteiger partial charge in [0.25, 0.3) is 5.91 Å². The molecular formula is C14H18N4O3. The van der Waals surface area contributed by atoms with E-state index in [0.29, 0.717) is 37.2 Å². The number of hydrogen-bond donors (Lipinski definition) is 4. The van der Waals surface area contributed by atoms with Crippen LogP contribution >= 0.6 is 0 Å². The molecule has 21 heavy (non-hydrogen) atoms. The Morgan fingerprint density at radius 2 is 2.10 bits per heavy atom. The second-order valence-electron chi connectivity index (χ2n) is 4.74. The molecule has 1 saturated heterocycles. The molecule has 5 N–H and O–H groups in total. The third kappa shape index (κ3) is 3.79. The smallest absolute Gasteiger partial charge is 0.253 e. The number of nitrogens with two attached hydrogens (primary N) is 1. The summed E-state index contributed by atoms with van der Waals surface area (Å²) in [7, 11) is 0. The van der Waals surface area contributed by atoms with Crippen molar-refractivity contribution in [2.75, 3.05) is 18.4 Å². The summed E-state index contributed by atoms with van der Waals surface area (Å²) in [4.78, 5) is 35.2. The summed E-state index contributed by atoms with van der Waals surface area (Å²) in [5.74, 6) is -0.754. The molecule has 2 rings (SSSR count). The predicted octanol–water partition coefficient (Wildman–Crippen LogP) is -0.408. The van der Waals surface area contributed by atoms with Crippen LogP contribution in [0.1, 0.15) is 23.2 Å². The van der Waals surface area contributed by atoms with Crippen LogP contribution in [0.15, 0.2) is 24.3 Å². The highest BCUT2D eigenvalue weighted by molar-refractivity contribution is 6.05. The highest BCUT2D eigenvalue weighted by Gasteiger charge is 2.27. The summed E-state index contributed by atoms with van der Waals surface area (Å²) in [6.07, 6.45) is 0.808. The van der Waals surface area contributed by atoms with Crippen molar-refractivity contribution < 1.29 is 14.4 Å². The number of benzene rings is 1. The molecule has 1 aromatic rings. The zero-order valence-electron chi connectivity index (χ0n) is 11.5. The quantitative estimate of drug-likeness (QED) is 0.590.